The number of aromatic nitrogens is 3. The van der Waals surface area contributed by atoms with E-state index in [0.717, 1.165) is 0 Å². The number of hydrogen-bond donors (Lipinski definition) is 1. The highest BCUT2D eigenvalue weighted by molar-refractivity contribution is 5.67. The highest BCUT2D eigenvalue weighted by Crippen LogP contribution is 2.31. The first-order chi connectivity index (χ1) is 9.78. The van der Waals surface area contributed by atoms with E-state index in [4.69, 9.17) is 15.0 Å². The number of anilines is 1. The zero-order valence-electron chi connectivity index (χ0n) is 10.8. The van der Waals surface area contributed by atoms with Crippen molar-refractivity contribution in [2.75, 3.05) is 12.8 Å². The number of nitrogens with two attached hydrogens (primary N) is 1. The molecule has 0 bridgehead atoms. The van der Waals surface area contributed by atoms with Crippen molar-refractivity contribution >= 4 is 5.69 Å². The molecule has 0 fully saturated rings. The molecular formula is C14H12N4O2. The normalized spacial score (nSPS) is 10.4. The van der Waals surface area contributed by atoms with Crippen molar-refractivity contribution in [1.29, 1.82) is 0 Å². The zero-order valence-corrected chi connectivity index (χ0v) is 10.8. The Morgan fingerprint density at radius 3 is 2.85 bits per heavy atom. The van der Waals surface area contributed by atoms with Gasteiger partial charge < -0.3 is 15.0 Å². The second kappa shape index (κ2) is 5.00. The minimum atomic E-state index is 0.363. The van der Waals surface area contributed by atoms with E-state index in [0.29, 0.717) is 34.4 Å². The fraction of sp³-hybridized carbons (Fsp3) is 0.0714. The molecule has 3 rings (SSSR count). The van der Waals surface area contributed by atoms with Gasteiger partial charge >= 0.3 is 0 Å². The maximum atomic E-state index is 5.72. The maximum Gasteiger partial charge on any atom is 0.262 e. The van der Waals surface area contributed by atoms with Crippen LogP contribution in [0.4, 0.5) is 5.69 Å². The van der Waals surface area contributed by atoms with Crippen LogP contribution < -0.4 is 10.5 Å². The highest BCUT2D eigenvalue weighted by atomic mass is 16.5. The van der Waals surface area contributed by atoms with Crippen LogP contribution >= 0.6 is 0 Å². The van der Waals surface area contributed by atoms with E-state index >= 15 is 0 Å². The lowest BCUT2D eigenvalue weighted by molar-refractivity contribution is 0.405. The molecule has 1 aromatic carbocycles. The molecule has 6 heteroatoms. The van der Waals surface area contributed by atoms with Crippen LogP contribution in [0.5, 0.6) is 5.75 Å². The smallest absolute Gasteiger partial charge is 0.262 e. The molecule has 0 amide bonds. The van der Waals surface area contributed by atoms with Crippen molar-refractivity contribution in [1.82, 2.24) is 15.1 Å². The second-order valence-electron chi connectivity index (χ2n) is 4.10. The number of methoxy groups -OCH3 is 1. The molecule has 0 aliphatic carbocycles. The maximum absolute atomic E-state index is 5.72. The summed E-state index contributed by atoms with van der Waals surface area (Å²) in [6.45, 7) is 0. The molecule has 0 saturated carbocycles. The Morgan fingerprint density at radius 2 is 2.10 bits per heavy atom. The molecule has 2 N–H and O–H groups in total. The standard InChI is InChI=1S/C14H12N4O2/c1-19-12-8-9(15)5-6-10(12)14-17-13(18-20-14)11-4-2-3-7-16-11/h2-8H,15H2,1H3. The van der Waals surface area contributed by atoms with Gasteiger partial charge in [0.05, 0.1) is 12.7 Å². The summed E-state index contributed by atoms with van der Waals surface area (Å²) in [6, 6.07) is 10.7. The molecule has 2 heterocycles. The lowest BCUT2D eigenvalue weighted by atomic mass is 10.2. The van der Waals surface area contributed by atoms with Crippen molar-refractivity contribution < 1.29 is 9.26 Å². The molecular weight excluding hydrogens is 256 g/mol. The van der Waals surface area contributed by atoms with Gasteiger partial charge in [0.25, 0.3) is 5.89 Å². The lowest BCUT2D eigenvalue weighted by Crippen LogP contribution is -1.91. The third-order valence-corrected chi connectivity index (χ3v) is 2.78. The third kappa shape index (κ3) is 2.18. The fourth-order valence-corrected chi connectivity index (χ4v) is 1.82. The number of nitrogen functional groups attached to an aromatic ring is 1. The van der Waals surface area contributed by atoms with Crippen LogP contribution in [0.2, 0.25) is 0 Å². The molecule has 0 aliphatic rings. The molecule has 0 radical (unpaired) electrons. The van der Waals surface area contributed by atoms with E-state index in [9.17, 15) is 0 Å². The van der Waals surface area contributed by atoms with Crippen molar-refractivity contribution in [3.63, 3.8) is 0 Å². The zero-order chi connectivity index (χ0) is 13.9. The van der Waals surface area contributed by atoms with Crippen LogP contribution in [-0.4, -0.2) is 22.2 Å². The van der Waals surface area contributed by atoms with Gasteiger partial charge in [-0.3, -0.25) is 4.98 Å². The summed E-state index contributed by atoms with van der Waals surface area (Å²) < 4.78 is 10.5. The van der Waals surface area contributed by atoms with Gasteiger partial charge in [-0.05, 0) is 24.3 Å². The van der Waals surface area contributed by atoms with E-state index in [1.807, 2.05) is 18.2 Å². The summed E-state index contributed by atoms with van der Waals surface area (Å²) in [5.41, 5.74) is 7.67. The molecule has 0 atom stereocenters. The van der Waals surface area contributed by atoms with Crippen molar-refractivity contribution in [3.05, 3.63) is 42.6 Å². The minimum Gasteiger partial charge on any atom is -0.496 e. The number of rotatable bonds is 3. The van der Waals surface area contributed by atoms with Gasteiger partial charge in [0.1, 0.15) is 11.4 Å². The first kappa shape index (κ1) is 12.2. The molecule has 2 aromatic heterocycles. The molecule has 0 saturated heterocycles. The Kier molecular flexibility index (Phi) is 3.04. The molecule has 3 aromatic rings. The van der Waals surface area contributed by atoms with Gasteiger partial charge in [0.15, 0.2) is 0 Å². The summed E-state index contributed by atoms with van der Waals surface area (Å²) in [7, 11) is 1.56. The van der Waals surface area contributed by atoms with E-state index in [1.165, 1.54) is 0 Å². The molecule has 0 spiro atoms. The van der Waals surface area contributed by atoms with Crippen LogP contribution in [0.25, 0.3) is 23.0 Å². The van der Waals surface area contributed by atoms with Crippen molar-refractivity contribution in [2.45, 2.75) is 0 Å². The largest absolute Gasteiger partial charge is 0.496 e. The van der Waals surface area contributed by atoms with Crippen LogP contribution in [-0.2, 0) is 0 Å². The average molecular weight is 268 g/mol. The Balaban J connectivity index is 2.02. The molecule has 6 nitrogen and oxygen atoms in total. The van der Waals surface area contributed by atoms with Gasteiger partial charge in [-0.25, -0.2) is 0 Å². The van der Waals surface area contributed by atoms with E-state index in [-0.39, 0.29) is 0 Å². The average Bonchev–Trinajstić information content (AvgIpc) is 2.97. The summed E-state index contributed by atoms with van der Waals surface area (Å²) in [5.74, 6) is 1.38. The predicted molar refractivity (Wildman–Crippen MR) is 73.9 cm³/mol. The SMILES string of the molecule is COc1cc(N)ccc1-c1nc(-c2ccccn2)no1. The van der Waals surface area contributed by atoms with Gasteiger partial charge in [-0.1, -0.05) is 11.2 Å². The van der Waals surface area contributed by atoms with Crippen LogP contribution in [0.15, 0.2) is 47.1 Å². The van der Waals surface area contributed by atoms with E-state index in [1.54, 1.807) is 31.5 Å². The first-order valence-electron chi connectivity index (χ1n) is 5.97. The summed E-state index contributed by atoms with van der Waals surface area (Å²) in [5, 5.41) is 3.93. The first-order valence-corrected chi connectivity index (χ1v) is 5.97. The Morgan fingerprint density at radius 1 is 1.20 bits per heavy atom. The highest BCUT2D eigenvalue weighted by Gasteiger charge is 2.15. The lowest BCUT2D eigenvalue weighted by Gasteiger charge is -2.05. The topological polar surface area (TPSA) is 87.1 Å². The number of benzene rings is 1. The van der Waals surface area contributed by atoms with Gasteiger partial charge in [0.2, 0.25) is 5.82 Å². The fourth-order valence-electron chi connectivity index (χ4n) is 1.82. The second-order valence-corrected chi connectivity index (χ2v) is 4.10. The summed E-state index contributed by atoms with van der Waals surface area (Å²) in [4.78, 5) is 8.50. The predicted octanol–water partition coefficient (Wildman–Crippen LogP) is 2.39. The Bertz CT molecular complexity index is 725. The van der Waals surface area contributed by atoms with Crippen molar-refractivity contribution in [3.8, 4) is 28.7 Å². The number of nitrogens with zero attached hydrogens (tertiary/aromatic N) is 3. The van der Waals surface area contributed by atoms with Crippen LogP contribution in [0, 0.1) is 0 Å². The van der Waals surface area contributed by atoms with Gasteiger partial charge in [-0.2, -0.15) is 4.98 Å². The molecule has 20 heavy (non-hydrogen) atoms. The Hall–Kier alpha value is -2.89. The number of pyridine rings is 1. The summed E-state index contributed by atoms with van der Waals surface area (Å²) >= 11 is 0. The van der Waals surface area contributed by atoms with Gasteiger partial charge in [-0.15, -0.1) is 0 Å². The third-order valence-electron chi connectivity index (χ3n) is 2.78. The van der Waals surface area contributed by atoms with Gasteiger partial charge in [0, 0.05) is 18.0 Å². The minimum absolute atomic E-state index is 0.363. The number of ether oxygens (including phenoxy) is 1. The van der Waals surface area contributed by atoms with Crippen molar-refractivity contribution in [2.24, 2.45) is 0 Å². The summed E-state index contributed by atoms with van der Waals surface area (Å²) in [6.07, 6.45) is 1.68. The monoisotopic (exact) mass is 268 g/mol. The van der Waals surface area contributed by atoms with Crippen LogP contribution in [0.1, 0.15) is 0 Å². The Labute approximate surface area is 115 Å². The molecule has 100 valence electrons. The molecule has 0 aliphatic heterocycles. The quantitative estimate of drug-likeness (QED) is 0.734. The number of hydrogen-bond acceptors (Lipinski definition) is 6. The van der Waals surface area contributed by atoms with E-state index < -0.39 is 0 Å². The van der Waals surface area contributed by atoms with Crippen LogP contribution in [0.3, 0.4) is 0 Å². The molecule has 0 unspecified atom stereocenters. The van der Waals surface area contributed by atoms with E-state index in [2.05, 4.69) is 15.1 Å².